The van der Waals surface area contributed by atoms with Gasteiger partial charge in [-0.15, -0.1) is 0 Å². The number of likely N-dealkylation sites (tertiary alicyclic amines) is 1. The van der Waals surface area contributed by atoms with E-state index in [1.54, 1.807) is 31.1 Å². The maximum Gasteiger partial charge on any atom is 0.320 e. The number of aromatic nitrogens is 3. The SMILES string of the molecule is COCCN1C[C@@H](NC(=O)Nc2cc(-c3ccccn3)nn2C)[C@H](c2cc(F)cc(F)c2)C1. The van der Waals surface area contributed by atoms with Crippen LogP contribution >= 0.6 is 0 Å². The third-order valence-electron chi connectivity index (χ3n) is 5.69. The van der Waals surface area contributed by atoms with E-state index in [0.29, 0.717) is 49.0 Å². The number of nitrogens with one attached hydrogen (secondary N) is 2. The molecule has 8 nitrogen and oxygen atoms in total. The Morgan fingerprint density at radius 1 is 1.15 bits per heavy atom. The van der Waals surface area contributed by atoms with Crippen LogP contribution in [0.15, 0.2) is 48.7 Å². The Morgan fingerprint density at radius 3 is 2.64 bits per heavy atom. The molecule has 0 bridgehead atoms. The summed E-state index contributed by atoms with van der Waals surface area (Å²) >= 11 is 0. The van der Waals surface area contributed by atoms with Gasteiger partial charge in [0.2, 0.25) is 0 Å². The van der Waals surface area contributed by atoms with Crippen LogP contribution in [0.1, 0.15) is 11.5 Å². The van der Waals surface area contributed by atoms with Crippen molar-refractivity contribution in [1.29, 1.82) is 0 Å². The number of amides is 2. The number of aryl methyl sites for hydroxylation is 1. The van der Waals surface area contributed by atoms with Gasteiger partial charge in [-0.2, -0.15) is 5.10 Å². The topological polar surface area (TPSA) is 84.3 Å². The second-order valence-electron chi connectivity index (χ2n) is 8.02. The molecule has 174 valence electrons. The number of halogens is 2. The van der Waals surface area contributed by atoms with Crippen molar-refractivity contribution in [2.45, 2.75) is 12.0 Å². The number of hydrogen-bond donors (Lipinski definition) is 2. The van der Waals surface area contributed by atoms with Gasteiger partial charge in [-0.3, -0.25) is 19.9 Å². The molecule has 2 atom stereocenters. The van der Waals surface area contributed by atoms with Gasteiger partial charge in [0.15, 0.2) is 0 Å². The molecule has 10 heteroatoms. The van der Waals surface area contributed by atoms with Crippen LogP contribution in [-0.2, 0) is 11.8 Å². The molecule has 2 N–H and O–H groups in total. The summed E-state index contributed by atoms with van der Waals surface area (Å²) in [6.07, 6.45) is 1.68. The first-order valence-corrected chi connectivity index (χ1v) is 10.6. The summed E-state index contributed by atoms with van der Waals surface area (Å²) in [7, 11) is 3.34. The first-order chi connectivity index (χ1) is 15.9. The molecule has 0 aliphatic carbocycles. The molecule has 1 aliphatic rings. The maximum absolute atomic E-state index is 13.9. The number of pyridine rings is 1. The summed E-state index contributed by atoms with van der Waals surface area (Å²) in [6.45, 7) is 2.26. The summed E-state index contributed by atoms with van der Waals surface area (Å²) in [5.41, 5.74) is 1.84. The van der Waals surface area contributed by atoms with E-state index in [0.717, 1.165) is 6.07 Å². The lowest BCUT2D eigenvalue weighted by atomic mass is 9.94. The Morgan fingerprint density at radius 2 is 1.94 bits per heavy atom. The monoisotopic (exact) mass is 456 g/mol. The summed E-state index contributed by atoms with van der Waals surface area (Å²) in [4.78, 5) is 19.2. The number of carbonyl (C=O) groups excluding carboxylic acids is 1. The number of ether oxygens (including phenoxy) is 1. The van der Waals surface area contributed by atoms with E-state index in [4.69, 9.17) is 4.74 Å². The zero-order valence-electron chi connectivity index (χ0n) is 18.5. The molecule has 4 rings (SSSR count). The second-order valence-corrected chi connectivity index (χ2v) is 8.02. The molecule has 33 heavy (non-hydrogen) atoms. The lowest BCUT2D eigenvalue weighted by molar-refractivity contribution is 0.159. The number of urea groups is 1. The number of nitrogens with zero attached hydrogens (tertiary/aromatic N) is 4. The van der Waals surface area contributed by atoms with Gasteiger partial charge in [0.1, 0.15) is 23.1 Å². The molecule has 0 spiro atoms. The standard InChI is InChI=1S/C23H26F2N6O2/c1-30-22(12-20(29-30)19-5-3-4-6-26-19)28-23(32)27-21-14-31(7-8-33-2)13-18(21)15-9-16(24)11-17(25)10-15/h3-6,9-12,18,21H,7-8,13-14H2,1-2H3,(H2,27,28,32)/t18-,21+/m0/s1. The lowest BCUT2D eigenvalue weighted by Gasteiger charge is -2.20. The van der Waals surface area contributed by atoms with Crippen LogP contribution in [0.3, 0.4) is 0 Å². The van der Waals surface area contributed by atoms with Crippen LogP contribution < -0.4 is 10.6 Å². The predicted octanol–water partition coefficient (Wildman–Crippen LogP) is 3.00. The average Bonchev–Trinajstić information content (AvgIpc) is 3.35. The molecule has 3 aromatic rings. The fourth-order valence-corrected chi connectivity index (χ4v) is 4.11. The molecule has 1 fully saturated rings. The third kappa shape index (κ3) is 5.52. The van der Waals surface area contributed by atoms with Crippen LogP contribution in [-0.4, -0.2) is 65.1 Å². The summed E-state index contributed by atoms with van der Waals surface area (Å²) < 4.78 is 34.4. The molecule has 0 radical (unpaired) electrons. The summed E-state index contributed by atoms with van der Waals surface area (Å²) in [6, 6.07) is 9.97. The van der Waals surface area contributed by atoms with E-state index in [9.17, 15) is 13.6 Å². The minimum Gasteiger partial charge on any atom is -0.383 e. The Hall–Kier alpha value is -3.37. The zero-order valence-corrected chi connectivity index (χ0v) is 18.5. The van der Waals surface area contributed by atoms with E-state index in [1.807, 2.05) is 18.2 Å². The molecule has 0 saturated carbocycles. The van der Waals surface area contributed by atoms with Crippen LogP contribution in [0.25, 0.3) is 11.4 Å². The number of hydrogen-bond acceptors (Lipinski definition) is 5. The highest BCUT2D eigenvalue weighted by atomic mass is 19.1. The zero-order chi connectivity index (χ0) is 23.4. The molecule has 2 amide bonds. The van der Waals surface area contributed by atoms with Crippen molar-refractivity contribution in [3.8, 4) is 11.4 Å². The predicted molar refractivity (Wildman–Crippen MR) is 120 cm³/mol. The van der Waals surface area contributed by atoms with E-state index in [1.165, 1.54) is 12.1 Å². The van der Waals surface area contributed by atoms with Crippen molar-refractivity contribution in [3.63, 3.8) is 0 Å². The van der Waals surface area contributed by atoms with Gasteiger partial charge < -0.3 is 10.1 Å². The summed E-state index contributed by atoms with van der Waals surface area (Å²) in [5.74, 6) is -1.05. The largest absolute Gasteiger partial charge is 0.383 e. The molecule has 1 saturated heterocycles. The second kappa shape index (κ2) is 10.1. The van der Waals surface area contributed by atoms with Crippen LogP contribution in [0.5, 0.6) is 0 Å². The van der Waals surface area contributed by atoms with Crippen molar-refractivity contribution >= 4 is 11.8 Å². The van der Waals surface area contributed by atoms with Gasteiger partial charge in [0.25, 0.3) is 0 Å². The Bertz CT molecular complexity index is 1090. The number of carbonyl (C=O) groups is 1. The van der Waals surface area contributed by atoms with Crippen LogP contribution in [0.4, 0.5) is 19.4 Å². The Balaban J connectivity index is 1.48. The molecule has 1 aromatic carbocycles. The molecule has 3 heterocycles. The highest BCUT2D eigenvalue weighted by molar-refractivity contribution is 5.89. The van der Waals surface area contributed by atoms with Crippen molar-refractivity contribution in [2.75, 3.05) is 38.7 Å². The number of methoxy groups -OCH3 is 1. The van der Waals surface area contributed by atoms with Crippen molar-refractivity contribution in [3.05, 3.63) is 65.9 Å². The molecule has 2 aromatic heterocycles. The van der Waals surface area contributed by atoms with E-state index >= 15 is 0 Å². The lowest BCUT2D eigenvalue weighted by Crippen LogP contribution is -2.42. The fourth-order valence-electron chi connectivity index (χ4n) is 4.11. The fraction of sp³-hybridized carbons (Fsp3) is 0.348. The first-order valence-electron chi connectivity index (χ1n) is 10.6. The average molecular weight is 456 g/mol. The van der Waals surface area contributed by atoms with Gasteiger partial charge in [-0.1, -0.05) is 6.07 Å². The van der Waals surface area contributed by atoms with Gasteiger partial charge in [0.05, 0.1) is 18.3 Å². The number of anilines is 1. The molecular formula is C23H26F2N6O2. The van der Waals surface area contributed by atoms with Crippen molar-refractivity contribution < 1.29 is 18.3 Å². The Labute approximate surface area is 190 Å². The summed E-state index contributed by atoms with van der Waals surface area (Å²) in [5, 5.41) is 10.2. The van der Waals surface area contributed by atoms with Crippen molar-refractivity contribution in [1.82, 2.24) is 25.0 Å². The normalized spacial score (nSPS) is 18.4. The minimum atomic E-state index is -0.638. The van der Waals surface area contributed by atoms with E-state index < -0.39 is 17.7 Å². The van der Waals surface area contributed by atoms with E-state index in [-0.39, 0.29) is 12.0 Å². The van der Waals surface area contributed by atoms with Gasteiger partial charge in [-0.25, -0.2) is 13.6 Å². The quantitative estimate of drug-likeness (QED) is 0.571. The van der Waals surface area contributed by atoms with Crippen LogP contribution in [0.2, 0.25) is 0 Å². The highest BCUT2D eigenvalue weighted by Gasteiger charge is 2.35. The minimum absolute atomic E-state index is 0.270. The highest BCUT2D eigenvalue weighted by Crippen LogP contribution is 2.29. The van der Waals surface area contributed by atoms with Gasteiger partial charge >= 0.3 is 6.03 Å². The van der Waals surface area contributed by atoms with Gasteiger partial charge in [0, 0.05) is 58.0 Å². The molecule has 1 aliphatic heterocycles. The number of rotatable bonds is 7. The number of benzene rings is 1. The van der Waals surface area contributed by atoms with Gasteiger partial charge in [-0.05, 0) is 29.8 Å². The van der Waals surface area contributed by atoms with Crippen molar-refractivity contribution in [2.24, 2.45) is 7.05 Å². The Kier molecular flexibility index (Phi) is 6.95. The smallest absolute Gasteiger partial charge is 0.320 e. The third-order valence-corrected chi connectivity index (χ3v) is 5.69. The first kappa shape index (κ1) is 22.8. The molecule has 0 unspecified atom stereocenters. The maximum atomic E-state index is 13.9. The van der Waals surface area contributed by atoms with E-state index in [2.05, 4.69) is 25.6 Å². The molecular weight excluding hydrogens is 430 g/mol. The van der Waals surface area contributed by atoms with Crippen LogP contribution in [0, 0.1) is 11.6 Å².